The number of hydrogen-bond donors (Lipinski definition) is 1. The molecule has 0 aliphatic heterocycles. The summed E-state index contributed by atoms with van der Waals surface area (Å²) < 4.78 is 5.21. The summed E-state index contributed by atoms with van der Waals surface area (Å²) in [6, 6.07) is 9.69. The van der Waals surface area contributed by atoms with Crippen LogP contribution in [0, 0.1) is 0 Å². The Morgan fingerprint density at radius 2 is 2.08 bits per heavy atom. The molecule has 3 heteroatoms. The zero-order valence-electron chi connectivity index (χ0n) is 7.57. The largest absolute Gasteiger partial charge is 0.368 e. The summed E-state index contributed by atoms with van der Waals surface area (Å²) in [6.45, 7) is 1.86. The second-order valence-corrected chi connectivity index (χ2v) is 2.83. The highest BCUT2D eigenvalue weighted by Crippen LogP contribution is 2.14. The van der Waals surface area contributed by atoms with Crippen LogP contribution >= 0.6 is 0 Å². The third kappa shape index (κ3) is 3.25. The number of hydrogen-bond acceptors (Lipinski definition) is 2. The van der Waals surface area contributed by atoms with Crippen molar-refractivity contribution in [2.45, 2.75) is 13.0 Å². The summed E-state index contributed by atoms with van der Waals surface area (Å²) in [5.41, 5.74) is 6.00. The van der Waals surface area contributed by atoms with Crippen molar-refractivity contribution in [2.75, 3.05) is 6.61 Å². The van der Waals surface area contributed by atoms with Crippen molar-refractivity contribution < 1.29 is 9.53 Å². The van der Waals surface area contributed by atoms with E-state index in [1.54, 1.807) is 0 Å². The van der Waals surface area contributed by atoms with E-state index in [-0.39, 0.29) is 12.7 Å². The lowest BCUT2D eigenvalue weighted by atomic mass is 10.1. The Hall–Kier alpha value is -1.35. The van der Waals surface area contributed by atoms with Crippen LogP contribution in [0.25, 0.3) is 0 Å². The number of primary amides is 1. The lowest BCUT2D eigenvalue weighted by molar-refractivity contribution is -0.124. The van der Waals surface area contributed by atoms with E-state index >= 15 is 0 Å². The van der Waals surface area contributed by atoms with Crippen LogP contribution in [0.3, 0.4) is 0 Å². The molecule has 0 aliphatic rings. The average Bonchev–Trinajstić information content (AvgIpc) is 2.15. The molecule has 13 heavy (non-hydrogen) atoms. The highest BCUT2D eigenvalue weighted by Gasteiger charge is 2.05. The Bertz CT molecular complexity index is 272. The lowest BCUT2D eigenvalue weighted by Gasteiger charge is -2.11. The van der Waals surface area contributed by atoms with Crippen molar-refractivity contribution in [1.29, 1.82) is 0 Å². The fraction of sp³-hybridized carbons (Fsp3) is 0.300. The van der Waals surface area contributed by atoms with E-state index in [1.165, 1.54) is 0 Å². The molecule has 1 aromatic carbocycles. The van der Waals surface area contributed by atoms with Crippen LogP contribution < -0.4 is 5.73 Å². The van der Waals surface area contributed by atoms with Gasteiger partial charge in [0.1, 0.15) is 6.61 Å². The Balaban J connectivity index is 2.49. The van der Waals surface area contributed by atoms with Crippen molar-refractivity contribution >= 4 is 5.91 Å². The smallest absolute Gasteiger partial charge is 0.243 e. The SMILES string of the molecule is CC(OCC(N)=O)c1ccccc1. The minimum absolute atomic E-state index is 0.0317. The topological polar surface area (TPSA) is 52.3 Å². The molecule has 0 heterocycles. The van der Waals surface area contributed by atoms with Gasteiger partial charge in [-0.25, -0.2) is 0 Å². The third-order valence-corrected chi connectivity index (χ3v) is 1.74. The summed E-state index contributed by atoms with van der Waals surface area (Å²) in [4.78, 5) is 10.4. The molecule has 1 amide bonds. The molecule has 0 fully saturated rings. The van der Waals surface area contributed by atoms with Gasteiger partial charge in [-0.2, -0.15) is 0 Å². The van der Waals surface area contributed by atoms with Crippen molar-refractivity contribution in [1.82, 2.24) is 0 Å². The molecule has 0 radical (unpaired) electrons. The number of rotatable bonds is 4. The van der Waals surface area contributed by atoms with E-state index in [0.717, 1.165) is 5.56 Å². The lowest BCUT2D eigenvalue weighted by Crippen LogP contribution is -2.19. The van der Waals surface area contributed by atoms with Crippen LogP contribution in [-0.2, 0) is 9.53 Å². The van der Waals surface area contributed by atoms with Gasteiger partial charge in [-0.15, -0.1) is 0 Å². The molecule has 70 valence electrons. The predicted octanol–water partition coefficient (Wildman–Crippen LogP) is 1.25. The van der Waals surface area contributed by atoms with Crippen LogP contribution in [0.1, 0.15) is 18.6 Å². The normalized spacial score (nSPS) is 12.4. The van der Waals surface area contributed by atoms with Gasteiger partial charge in [0.05, 0.1) is 6.10 Å². The first-order chi connectivity index (χ1) is 6.20. The van der Waals surface area contributed by atoms with E-state index in [4.69, 9.17) is 10.5 Å². The molecule has 1 unspecified atom stereocenters. The molecular formula is C10H13NO2. The highest BCUT2D eigenvalue weighted by atomic mass is 16.5. The molecular weight excluding hydrogens is 166 g/mol. The minimum atomic E-state index is -0.442. The van der Waals surface area contributed by atoms with Gasteiger partial charge in [0.25, 0.3) is 0 Å². The molecule has 0 bridgehead atoms. The summed E-state index contributed by atoms with van der Waals surface area (Å²) in [5, 5.41) is 0. The number of ether oxygens (including phenoxy) is 1. The Morgan fingerprint density at radius 1 is 1.46 bits per heavy atom. The van der Waals surface area contributed by atoms with Crippen molar-refractivity contribution in [3.05, 3.63) is 35.9 Å². The van der Waals surface area contributed by atoms with E-state index in [0.29, 0.717) is 0 Å². The molecule has 0 aliphatic carbocycles. The quantitative estimate of drug-likeness (QED) is 0.756. The molecule has 0 saturated heterocycles. The van der Waals surface area contributed by atoms with Gasteiger partial charge >= 0.3 is 0 Å². The van der Waals surface area contributed by atoms with Crippen LogP contribution in [-0.4, -0.2) is 12.5 Å². The monoisotopic (exact) mass is 179 g/mol. The molecule has 1 aromatic rings. The molecule has 1 rings (SSSR count). The number of carbonyl (C=O) groups is 1. The summed E-state index contributed by atoms with van der Waals surface area (Å²) in [7, 11) is 0. The molecule has 0 saturated carbocycles. The van der Waals surface area contributed by atoms with Gasteiger partial charge in [0.15, 0.2) is 0 Å². The molecule has 3 nitrogen and oxygen atoms in total. The maximum Gasteiger partial charge on any atom is 0.243 e. The van der Waals surface area contributed by atoms with Gasteiger partial charge in [-0.1, -0.05) is 30.3 Å². The Kier molecular flexibility index (Phi) is 3.46. The molecule has 0 aromatic heterocycles. The molecule has 0 spiro atoms. The van der Waals surface area contributed by atoms with Crippen LogP contribution in [0.4, 0.5) is 0 Å². The van der Waals surface area contributed by atoms with Crippen molar-refractivity contribution in [3.63, 3.8) is 0 Å². The van der Waals surface area contributed by atoms with Gasteiger partial charge in [0.2, 0.25) is 5.91 Å². The van der Waals surface area contributed by atoms with Crippen LogP contribution in [0.5, 0.6) is 0 Å². The van der Waals surface area contributed by atoms with E-state index < -0.39 is 5.91 Å². The summed E-state index contributed by atoms with van der Waals surface area (Å²) >= 11 is 0. The molecule has 1 atom stereocenters. The summed E-state index contributed by atoms with van der Waals surface area (Å²) in [6.07, 6.45) is -0.0892. The standard InChI is InChI=1S/C10H13NO2/c1-8(13-7-10(11)12)9-5-3-2-4-6-9/h2-6,8H,7H2,1H3,(H2,11,12). The Morgan fingerprint density at radius 3 is 2.62 bits per heavy atom. The van der Waals surface area contributed by atoms with Crippen molar-refractivity contribution in [2.24, 2.45) is 5.73 Å². The summed E-state index contributed by atoms with van der Waals surface area (Å²) in [5.74, 6) is -0.442. The Labute approximate surface area is 77.5 Å². The van der Waals surface area contributed by atoms with Crippen molar-refractivity contribution in [3.8, 4) is 0 Å². The maximum absolute atomic E-state index is 10.4. The zero-order chi connectivity index (χ0) is 9.68. The maximum atomic E-state index is 10.4. The first-order valence-corrected chi connectivity index (χ1v) is 4.15. The highest BCUT2D eigenvalue weighted by molar-refractivity contribution is 5.75. The first kappa shape index (κ1) is 9.74. The van der Waals surface area contributed by atoms with Gasteiger partial charge in [-0.3, -0.25) is 4.79 Å². The van der Waals surface area contributed by atoms with Crippen LogP contribution in [0.2, 0.25) is 0 Å². The number of carbonyl (C=O) groups excluding carboxylic acids is 1. The van der Waals surface area contributed by atoms with E-state index in [2.05, 4.69) is 0 Å². The predicted molar refractivity (Wildman–Crippen MR) is 50.0 cm³/mol. The fourth-order valence-corrected chi connectivity index (χ4v) is 1.03. The average molecular weight is 179 g/mol. The van der Waals surface area contributed by atoms with Gasteiger partial charge < -0.3 is 10.5 Å². The fourth-order valence-electron chi connectivity index (χ4n) is 1.03. The first-order valence-electron chi connectivity index (χ1n) is 4.15. The van der Waals surface area contributed by atoms with E-state index in [1.807, 2.05) is 37.3 Å². The second-order valence-electron chi connectivity index (χ2n) is 2.83. The number of amides is 1. The van der Waals surface area contributed by atoms with E-state index in [9.17, 15) is 4.79 Å². The molecule has 2 N–H and O–H groups in total. The number of nitrogens with two attached hydrogens (primary N) is 1. The van der Waals surface area contributed by atoms with Gasteiger partial charge in [-0.05, 0) is 12.5 Å². The van der Waals surface area contributed by atoms with Crippen LogP contribution in [0.15, 0.2) is 30.3 Å². The third-order valence-electron chi connectivity index (χ3n) is 1.74. The van der Waals surface area contributed by atoms with Gasteiger partial charge in [0, 0.05) is 0 Å². The number of benzene rings is 1. The zero-order valence-corrected chi connectivity index (χ0v) is 7.57. The minimum Gasteiger partial charge on any atom is -0.368 e. The second kappa shape index (κ2) is 4.62.